The number of hydrogen-bond donors (Lipinski definition) is 4. The van der Waals surface area contributed by atoms with Crippen molar-refractivity contribution in [1.82, 2.24) is 35.6 Å². The maximum absolute atomic E-state index is 5.76. The molecule has 0 fully saturated rings. The molecule has 0 amide bonds. The highest BCUT2D eigenvalue weighted by Gasteiger charge is 2.15. The van der Waals surface area contributed by atoms with Crippen molar-refractivity contribution in [3.63, 3.8) is 0 Å². The zero-order valence-corrected chi connectivity index (χ0v) is 7.97. The number of nitrogens with zero attached hydrogens (tertiary/aromatic N) is 5. The first-order valence-electron chi connectivity index (χ1n) is 4.39. The second-order valence-corrected chi connectivity index (χ2v) is 3.12. The van der Waals surface area contributed by atoms with E-state index in [1.165, 1.54) is 0 Å². The molecule has 0 saturated heterocycles. The number of aromatic nitrogens is 7. The molecule has 9 heteroatoms. The van der Waals surface area contributed by atoms with Crippen LogP contribution in [0, 0.1) is 0 Å². The number of nitrogen functional groups attached to an aromatic ring is 2. The normalized spacial score (nSPS) is 11.0. The van der Waals surface area contributed by atoms with E-state index in [4.69, 9.17) is 11.5 Å². The fourth-order valence-electron chi connectivity index (χ4n) is 1.48. The first-order valence-corrected chi connectivity index (χ1v) is 4.39. The highest BCUT2D eigenvalue weighted by molar-refractivity contribution is 5.97. The van der Waals surface area contributed by atoms with E-state index >= 15 is 0 Å². The maximum atomic E-state index is 5.76. The van der Waals surface area contributed by atoms with Crippen LogP contribution in [0.3, 0.4) is 0 Å². The quantitative estimate of drug-likeness (QED) is 0.421. The van der Waals surface area contributed by atoms with Crippen molar-refractivity contribution in [2.75, 3.05) is 11.5 Å². The van der Waals surface area contributed by atoms with Crippen LogP contribution >= 0.6 is 0 Å². The minimum absolute atomic E-state index is 0.0863. The number of aromatic amines is 2. The van der Waals surface area contributed by atoms with Gasteiger partial charge in [0.1, 0.15) is 17.2 Å². The lowest BCUT2D eigenvalue weighted by Crippen LogP contribution is -2.00. The molecule has 0 radical (unpaired) electrons. The van der Waals surface area contributed by atoms with Crippen LogP contribution in [-0.2, 0) is 0 Å². The summed E-state index contributed by atoms with van der Waals surface area (Å²) in [7, 11) is 0. The van der Waals surface area contributed by atoms with Gasteiger partial charge in [-0.1, -0.05) is 0 Å². The number of hydrogen-bond acceptors (Lipinski definition) is 7. The molecule has 3 rings (SSSR count). The third kappa shape index (κ3) is 1.08. The number of fused-ring (bicyclic) bond motifs is 1. The third-order valence-corrected chi connectivity index (χ3v) is 2.13. The summed E-state index contributed by atoms with van der Waals surface area (Å²) >= 11 is 0. The minimum atomic E-state index is 0.0863. The van der Waals surface area contributed by atoms with Gasteiger partial charge in [-0.2, -0.15) is 30.5 Å². The molecule has 0 unspecified atom stereocenters. The van der Waals surface area contributed by atoms with Gasteiger partial charge in [0.25, 0.3) is 0 Å². The molecule has 9 nitrogen and oxygen atoms in total. The van der Waals surface area contributed by atoms with Gasteiger partial charge in [-0.05, 0) is 0 Å². The Kier molecular flexibility index (Phi) is 1.55. The van der Waals surface area contributed by atoms with Gasteiger partial charge < -0.3 is 11.5 Å². The van der Waals surface area contributed by atoms with Gasteiger partial charge in [0.2, 0.25) is 5.95 Å². The molecule has 6 N–H and O–H groups in total. The van der Waals surface area contributed by atoms with Gasteiger partial charge in [0.05, 0.1) is 11.6 Å². The van der Waals surface area contributed by atoms with E-state index in [0.717, 1.165) is 0 Å². The Hall–Kier alpha value is -2.71. The van der Waals surface area contributed by atoms with Crippen molar-refractivity contribution in [2.24, 2.45) is 0 Å². The molecule has 80 valence electrons. The van der Waals surface area contributed by atoms with E-state index in [2.05, 4.69) is 35.6 Å². The van der Waals surface area contributed by atoms with Crippen molar-refractivity contribution in [2.45, 2.75) is 0 Å². The molecule has 0 aliphatic heterocycles. The maximum Gasteiger partial charge on any atom is 0.224 e. The number of H-pyrrole nitrogens is 2. The fourth-order valence-corrected chi connectivity index (χ4v) is 1.48. The zero-order valence-electron chi connectivity index (χ0n) is 7.97. The van der Waals surface area contributed by atoms with Crippen LogP contribution in [-0.4, -0.2) is 35.6 Å². The second-order valence-electron chi connectivity index (χ2n) is 3.12. The Balaban J connectivity index is 2.36. The Morgan fingerprint density at radius 2 is 2.00 bits per heavy atom. The average Bonchev–Trinajstić information content (AvgIpc) is 2.82. The Bertz CT molecular complexity index is 637. The number of nitrogens with two attached hydrogens (primary N) is 2. The first-order chi connectivity index (χ1) is 7.75. The Morgan fingerprint density at radius 3 is 2.75 bits per heavy atom. The molecule has 0 spiro atoms. The summed E-state index contributed by atoms with van der Waals surface area (Å²) in [6.45, 7) is 0. The van der Waals surface area contributed by atoms with Crippen molar-refractivity contribution in [3.05, 3.63) is 6.20 Å². The number of anilines is 2. The summed E-state index contributed by atoms with van der Waals surface area (Å²) in [5, 5.41) is 17.5. The van der Waals surface area contributed by atoms with Gasteiger partial charge in [-0.3, -0.25) is 5.10 Å². The molecule has 0 bridgehead atoms. The molecular formula is C7H7N9. The predicted octanol–water partition coefficient (Wildman–Crippen LogP) is -0.698. The Labute approximate surface area is 88.3 Å². The van der Waals surface area contributed by atoms with Crippen LogP contribution in [0.1, 0.15) is 0 Å². The fraction of sp³-hybridized carbons (Fsp3) is 0. The molecule has 3 heterocycles. The van der Waals surface area contributed by atoms with E-state index in [9.17, 15) is 0 Å². The third-order valence-electron chi connectivity index (χ3n) is 2.13. The highest BCUT2D eigenvalue weighted by atomic mass is 15.3. The topological polar surface area (TPSA) is 148 Å². The lowest BCUT2D eigenvalue weighted by Gasteiger charge is -1.97. The number of rotatable bonds is 1. The van der Waals surface area contributed by atoms with E-state index in [1.54, 1.807) is 6.20 Å². The Morgan fingerprint density at radius 1 is 1.12 bits per heavy atom. The smallest absolute Gasteiger partial charge is 0.224 e. The summed E-state index contributed by atoms with van der Waals surface area (Å²) in [5.74, 6) is 0.345. The van der Waals surface area contributed by atoms with E-state index < -0.39 is 0 Å². The van der Waals surface area contributed by atoms with Crippen molar-refractivity contribution >= 4 is 22.8 Å². The summed E-state index contributed by atoms with van der Waals surface area (Å²) in [6, 6.07) is 0. The first kappa shape index (κ1) is 8.59. The highest BCUT2D eigenvalue weighted by Crippen LogP contribution is 2.26. The largest absolute Gasteiger partial charge is 0.383 e. The predicted molar refractivity (Wildman–Crippen MR) is 55.9 cm³/mol. The summed E-state index contributed by atoms with van der Waals surface area (Å²) in [6.07, 6.45) is 1.54. The van der Waals surface area contributed by atoms with Crippen LogP contribution in [0.4, 0.5) is 11.8 Å². The van der Waals surface area contributed by atoms with Crippen molar-refractivity contribution in [3.8, 4) is 11.4 Å². The molecule has 16 heavy (non-hydrogen) atoms. The molecular weight excluding hydrogens is 210 g/mol. The van der Waals surface area contributed by atoms with Crippen LogP contribution in [0.25, 0.3) is 22.4 Å². The lowest BCUT2D eigenvalue weighted by molar-refractivity contribution is 0.940. The van der Waals surface area contributed by atoms with Crippen LogP contribution in [0.15, 0.2) is 6.20 Å². The van der Waals surface area contributed by atoms with Gasteiger partial charge >= 0.3 is 0 Å². The molecule has 0 aromatic carbocycles. The van der Waals surface area contributed by atoms with Gasteiger partial charge in [-0.25, -0.2) is 0 Å². The lowest BCUT2D eigenvalue weighted by atomic mass is 10.2. The summed E-state index contributed by atoms with van der Waals surface area (Å²) in [4.78, 5) is 7.82. The molecule has 0 atom stereocenters. The van der Waals surface area contributed by atoms with Crippen molar-refractivity contribution < 1.29 is 0 Å². The average molecular weight is 217 g/mol. The SMILES string of the molecule is Nc1nc(N)c2c(-c3cn[nH]n3)[nH]nc2n1. The monoisotopic (exact) mass is 217 g/mol. The molecule has 0 aliphatic carbocycles. The molecule has 3 aromatic heterocycles. The van der Waals surface area contributed by atoms with E-state index in [-0.39, 0.29) is 11.8 Å². The molecule has 0 aliphatic rings. The second kappa shape index (κ2) is 2.89. The van der Waals surface area contributed by atoms with Crippen LogP contribution < -0.4 is 11.5 Å². The standard InChI is InChI=1S/C7H7N9/c8-5-3-4(2-1-10-16-13-2)14-15-6(3)12-7(9)11-5/h1H,(H,10,13,16)(H5,8,9,11,12,14,15). The van der Waals surface area contributed by atoms with Crippen molar-refractivity contribution in [1.29, 1.82) is 0 Å². The summed E-state index contributed by atoms with van der Waals surface area (Å²) < 4.78 is 0. The zero-order chi connectivity index (χ0) is 11.1. The minimum Gasteiger partial charge on any atom is -0.383 e. The summed E-state index contributed by atoms with van der Waals surface area (Å²) in [5.41, 5.74) is 12.8. The van der Waals surface area contributed by atoms with Gasteiger partial charge in [0.15, 0.2) is 5.65 Å². The molecule has 3 aromatic rings. The van der Waals surface area contributed by atoms with Gasteiger partial charge in [-0.15, -0.1) is 0 Å². The number of nitrogens with one attached hydrogen (secondary N) is 2. The van der Waals surface area contributed by atoms with E-state index in [0.29, 0.717) is 22.4 Å². The van der Waals surface area contributed by atoms with Crippen LogP contribution in [0.5, 0.6) is 0 Å². The van der Waals surface area contributed by atoms with Crippen LogP contribution in [0.2, 0.25) is 0 Å². The van der Waals surface area contributed by atoms with E-state index in [1.807, 2.05) is 0 Å². The van der Waals surface area contributed by atoms with Gasteiger partial charge in [0, 0.05) is 0 Å². The molecule has 0 saturated carbocycles.